The zero-order valence-corrected chi connectivity index (χ0v) is 12.0. The molecule has 1 rings (SSSR count). The van der Waals surface area contributed by atoms with E-state index in [2.05, 4.69) is 0 Å². The molecule has 0 aromatic carbocycles. The predicted molar refractivity (Wildman–Crippen MR) is 68.8 cm³/mol. The summed E-state index contributed by atoms with van der Waals surface area (Å²) in [6.07, 6.45) is -1.10. The first-order valence-electron chi connectivity index (χ1n) is 5.85. The molecule has 1 fully saturated rings. The van der Waals surface area contributed by atoms with Crippen LogP contribution in [0.25, 0.3) is 0 Å². The number of hydrogen-bond donors (Lipinski definition) is 2. The largest absolute Gasteiger partial charge is 0.480 e. The van der Waals surface area contributed by atoms with Crippen LogP contribution in [-0.2, 0) is 9.53 Å². The Bertz CT molecular complexity index is 248. The summed E-state index contributed by atoms with van der Waals surface area (Å²) in [7, 11) is 0. The highest BCUT2D eigenvalue weighted by Crippen LogP contribution is 2.34. The molecule has 0 amide bonds. The minimum absolute atomic E-state index is 0.454. The molecule has 2 atom stereocenters. The molecule has 1 heterocycles. The smallest absolute Gasteiger partial charge is 0.322 e. The van der Waals surface area contributed by atoms with Crippen molar-refractivity contribution in [2.75, 3.05) is 11.5 Å². The number of carbonyl (C=O) groups is 1. The van der Waals surface area contributed by atoms with Crippen molar-refractivity contribution < 1.29 is 19.7 Å². The van der Waals surface area contributed by atoms with Crippen molar-refractivity contribution in [1.82, 2.24) is 4.90 Å². The van der Waals surface area contributed by atoms with Gasteiger partial charge in [0.15, 0.2) is 0 Å². The highest BCUT2D eigenvalue weighted by molar-refractivity contribution is 7.99. The molecule has 0 aliphatic carbocycles. The van der Waals surface area contributed by atoms with Gasteiger partial charge >= 0.3 is 5.97 Å². The molecule has 0 spiro atoms. The highest BCUT2D eigenvalue weighted by atomic mass is 32.2. The number of aliphatic hydroxyl groups is 1. The van der Waals surface area contributed by atoms with Gasteiger partial charge in [0.05, 0.1) is 0 Å². The van der Waals surface area contributed by atoms with E-state index in [1.807, 2.05) is 20.8 Å². The maximum absolute atomic E-state index is 11.1. The summed E-state index contributed by atoms with van der Waals surface area (Å²) in [5.41, 5.74) is -0.698. The number of carboxylic acid groups (broad SMARTS) is 1. The van der Waals surface area contributed by atoms with Crippen LogP contribution in [0.2, 0.25) is 0 Å². The summed E-state index contributed by atoms with van der Waals surface area (Å²) in [5, 5.41) is 18.5. The molecule has 2 N–H and O–H groups in total. The van der Waals surface area contributed by atoms with Gasteiger partial charge in [-0.3, -0.25) is 4.79 Å². The molecule has 102 valence electrons. The van der Waals surface area contributed by atoms with Crippen LogP contribution < -0.4 is 0 Å². The fourth-order valence-corrected chi connectivity index (χ4v) is 2.38. The van der Waals surface area contributed by atoms with Crippen molar-refractivity contribution in [3.63, 3.8) is 0 Å². The number of carboxylic acids is 1. The summed E-state index contributed by atoms with van der Waals surface area (Å²) < 4.78 is 5.06. The Balaban J connectivity index is 0.00000121. The molecule has 5 nitrogen and oxygen atoms in total. The fraction of sp³-hybridized carbons (Fsp3) is 0.909. The molecular formula is C11H23NO4S. The quantitative estimate of drug-likeness (QED) is 0.786. The molecular weight excluding hydrogens is 242 g/mol. The van der Waals surface area contributed by atoms with Crippen LogP contribution in [0.5, 0.6) is 0 Å². The fourth-order valence-electron chi connectivity index (χ4n) is 1.62. The van der Waals surface area contributed by atoms with E-state index in [4.69, 9.17) is 9.84 Å². The molecule has 17 heavy (non-hydrogen) atoms. The van der Waals surface area contributed by atoms with Crippen LogP contribution in [0.3, 0.4) is 0 Å². The van der Waals surface area contributed by atoms with Crippen molar-refractivity contribution in [2.24, 2.45) is 0 Å². The molecule has 0 radical (unpaired) electrons. The third kappa shape index (κ3) is 4.13. The lowest BCUT2D eigenvalue weighted by atomic mass is 10.1. The van der Waals surface area contributed by atoms with E-state index in [1.54, 1.807) is 13.8 Å². The zero-order chi connectivity index (χ0) is 13.6. The van der Waals surface area contributed by atoms with Gasteiger partial charge in [-0.1, -0.05) is 20.8 Å². The van der Waals surface area contributed by atoms with Crippen molar-refractivity contribution >= 4 is 17.7 Å². The van der Waals surface area contributed by atoms with Crippen molar-refractivity contribution in [3.8, 4) is 0 Å². The summed E-state index contributed by atoms with van der Waals surface area (Å²) in [6, 6.07) is -0.700. The summed E-state index contributed by atoms with van der Waals surface area (Å²) in [5.74, 6) is 0.386. The molecule has 0 bridgehead atoms. The summed E-state index contributed by atoms with van der Waals surface area (Å²) in [6.45, 7) is 9.45. The first kappa shape index (κ1) is 16.7. The van der Waals surface area contributed by atoms with Gasteiger partial charge in [-0.2, -0.15) is 11.8 Å². The molecule has 1 aliphatic rings. The van der Waals surface area contributed by atoms with E-state index >= 15 is 0 Å². The second kappa shape index (κ2) is 7.20. The van der Waals surface area contributed by atoms with Crippen LogP contribution >= 0.6 is 11.8 Å². The van der Waals surface area contributed by atoms with Gasteiger partial charge in [0, 0.05) is 5.75 Å². The number of hydrogen-bond acceptors (Lipinski definition) is 5. The number of aliphatic carboxylic acids is 1. The molecule has 2 unspecified atom stereocenters. The Labute approximate surface area is 107 Å². The molecule has 6 heteroatoms. The normalized spacial score (nSPS) is 24.2. The topological polar surface area (TPSA) is 70.0 Å². The van der Waals surface area contributed by atoms with Gasteiger partial charge in [-0.25, -0.2) is 4.90 Å². The average molecular weight is 265 g/mol. The van der Waals surface area contributed by atoms with E-state index in [0.29, 0.717) is 5.75 Å². The lowest BCUT2D eigenvalue weighted by Crippen LogP contribution is -2.70. The van der Waals surface area contributed by atoms with Gasteiger partial charge in [0.25, 0.3) is 0 Å². The van der Waals surface area contributed by atoms with E-state index in [9.17, 15) is 9.90 Å². The predicted octanol–water partition coefficient (Wildman–Crippen LogP) is 1.56. The molecule has 0 saturated carbocycles. The standard InChI is InChI=1S/C9H17NO4S.C2H6/c1-4-15-5-6(7(11)12)10-8(13)14-9(10,2)3;1-2/h6,8,13H,4-5H2,1-3H3,(H,11,12);1-2H3. The van der Waals surface area contributed by atoms with Crippen molar-refractivity contribution in [3.05, 3.63) is 0 Å². The number of aliphatic hydroxyl groups excluding tert-OH is 1. The van der Waals surface area contributed by atoms with E-state index in [-0.39, 0.29) is 0 Å². The number of ether oxygens (including phenoxy) is 1. The first-order valence-corrected chi connectivity index (χ1v) is 7.00. The molecule has 1 aliphatic heterocycles. The highest BCUT2D eigenvalue weighted by Gasteiger charge is 2.51. The van der Waals surface area contributed by atoms with Gasteiger partial charge in [0.2, 0.25) is 6.41 Å². The minimum Gasteiger partial charge on any atom is -0.480 e. The number of rotatable bonds is 5. The van der Waals surface area contributed by atoms with Crippen LogP contribution in [0.15, 0.2) is 0 Å². The average Bonchev–Trinajstić information content (AvgIpc) is 2.25. The van der Waals surface area contributed by atoms with Gasteiger partial charge in [0.1, 0.15) is 11.8 Å². The Morgan fingerprint density at radius 1 is 1.53 bits per heavy atom. The third-order valence-electron chi connectivity index (χ3n) is 2.35. The maximum atomic E-state index is 11.1. The number of nitrogens with zero attached hydrogens (tertiary/aromatic N) is 1. The third-order valence-corrected chi connectivity index (χ3v) is 3.31. The monoisotopic (exact) mass is 265 g/mol. The maximum Gasteiger partial charge on any atom is 0.322 e. The first-order chi connectivity index (χ1) is 7.90. The summed E-state index contributed by atoms with van der Waals surface area (Å²) in [4.78, 5) is 12.5. The van der Waals surface area contributed by atoms with Crippen LogP contribution in [0.1, 0.15) is 34.6 Å². The van der Waals surface area contributed by atoms with E-state index in [1.165, 1.54) is 16.7 Å². The second-order valence-corrected chi connectivity index (χ2v) is 5.13. The Morgan fingerprint density at radius 3 is 2.35 bits per heavy atom. The van der Waals surface area contributed by atoms with Crippen LogP contribution in [0, 0.1) is 0 Å². The number of thioether (sulfide) groups is 1. The van der Waals surface area contributed by atoms with Crippen LogP contribution in [0.4, 0.5) is 0 Å². The summed E-state index contributed by atoms with van der Waals surface area (Å²) >= 11 is 1.54. The van der Waals surface area contributed by atoms with E-state index in [0.717, 1.165) is 5.75 Å². The van der Waals surface area contributed by atoms with Gasteiger partial charge in [-0.15, -0.1) is 0 Å². The minimum atomic E-state index is -1.10. The molecule has 1 saturated heterocycles. The zero-order valence-electron chi connectivity index (χ0n) is 11.1. The van der Waals surface area contributed by atoms with Crippen molar-refractivity contribution in [1.29, 1.82) is 0 Å². The Kier molecular flexibility index (Phi) is 7.08. The van der Waals surface area contributed by atoms with E-state index < -0.39 is 24.2 Å². The van der Waals surface area contributed by atoms with Gasteiger partial charge < -0.3 is 14.9 Å². The molecule has 0 aromatic heterocycles. The van der Waals surface area contributed by atoms with Gasteiger partial charge in [-0.05, 0) is 19.6 Å². The lowest BCUT2D eigenvalue weighted by molar-refractivity contribution is -0.417. The Morgan fingerprint density at radius 2 is 2.06 bits per heavy atom. The lowest BCUT2D eigenvalue weighted by Gasteiger charge is -2.53. The molecule has 0 aromatic rings. The SMILES string of the molecule is CC.CCSCC(C(=O)O)N1C(O)OC1(C)C. The van der Waals surface area contributed by atoms with Crippen LogP contribution in [-0.4, -0.2) is 50.8 Å². The van der Waals surface area contributed by atoms with Crippen molar-refractivity contribution in [2.45, 2.75) is 52.8 Å². The Hall–Kier alpha value is -0.300. The second-order valence-electron chi connectivity index (χ2n) is 3.81.